The van der Waals surface area contributed by atoms with Gasteiger partial charge in [0.25, 0.3) is 0 Å². The fourth-order valence-electron chi connectivity index (χ4n) is 0.429. The molecule has 10 heavy (non-hydrogen) atoms. The van der Waals surface area contributed by atoms with Gasteiger partial charge in [-0.05, 0) is 11.5 Å². The van der Waals surface area contributed by atoms with Crippen LogP contribution in [0.3, 0.4) is 0 Å². The third-order valence-corrected chi connectivity index (χ3v) is 1.50. The van der Waals surface area contributed by atoms with E-state index in [-0.39, 0.29) is 5.69 Å². The molecule has 0 saturated heterocycles. The largest absolute Gasteiger partial charge is 0.325 e. The second-order valence-corrected chi connectivity index (χ2v) is 2.31. The third kappa shape index (κ3) is 1.27. The SMILES string of the molecule is NCC(F)(F)c1csnn1. The van der Waals surface area contributed by atoms with Crippen molar-refractivity contribution in [3.8, 4) is 0 Å². The highest BCUT2D eigenvalue weighted by molar-refractivity contribution is 7.03. The average molecular weight is 165 g/mol. The van der Waals surface area contributed by atoms with Crippen molar-refractivity contribution < 1.29 is 8.78 Å². The molecule has 0 spiro atoms. The lowest BCUT2D eigenvalue weighted by atomic mass is 10.3. The van der Waals surface area contributed by atoms with E-state index in [1.807, 2.05) is 0 Å². The monoisotopic (exact) mass is 165 g/mol. The highest BCUT2D eigenvalue weighted by Gasteiger charge is 2.32. The van der Waals surface area contributed by atoms with Gasteiger partial charge in [-0.15, -0.1) is 5.10 Å². The zero-order valence-corrected chi connectivity index (χ0v) is 5.74. The molecule has 1 aromatic heterocycles. The van der Waals surface area contributed by atoms with Gasteiger partial charge >= 0.3 is 5.92 Å². The average Bonchev–Trinajstić information content (AvgIpc) is 2.38. The van der Waals surface area contributed by atoms with Crippen LogP contribution < -0.4 is 5.73 Å². The summed E-state index contributed by atoms with van der Waals surface area (Å²) in [7, 11) is 0. The van der Waals surface area contributed by atoms with Crippen molar-refractivity contribution in [2.24, 2.45) is 5.73 Å². The van der Waals surface area contributed by atoms with E-state index in [1.54, 1.807) is 0 Å². The molecule has 2 N–H and O–H groups in total. The highest BCUT2D eigenvalue weighted by atomic mass is 32.1. The molecule has 3 nitrogen and oxygen atoms in total. The summed E-state index contributed by atoms with van der Waals surface area (Å²) in [5.74, 6) is -3.02. The maximum absolute atomic E-state index is 12.5. The van der Waals surface area contributed by atoms with Crippen LogP contribution in [0.15, 0.2) is 5.38 Å². The first-order valence-corrected chi connectivity index (χ1v) is 3.36. The Labute approximate surface area is 60.0 Å². The number of hydrogen-bond acceptors (Lipinski definition) is 4. The van der Waals surface area contributed by atoms with Crippen molar-refractivity contribution in [3.63, 3.8) is 0 Å². The Morgan fingerprint density at radius 1 is 1.70 bits per heavy atom. The molecule has 0 aliphatic carbocycles. The van der Waals surface area contributed by atoms with E-state index < -0.39 is 12.5 Å². The van der Waals surface area contributed by atoms with Gasteiger partial charge < -0.3 is 5.73 Å². The van der Waals surface area contributed by atoms with Crippen LogP contribution in [-0.2, 0) is 5.92 Å². The first-order valence-electron chi connectivity index (χ1n) is 2.52. The van der Waals surface area contributed by atoms with Crippen LogP contribution in [0.25, 0.3) is 0 Å². The van der Waals surface area contributed by atoms with Crippen LogP contribution in [0.1, 0.15) is 5.69 Å². The molecular formula is C4H5F2N3S. The van der Waals surface area contributed by atoms with E-state index >= 15 is 0 Å². The van der Waals surface area contributed by atoms with Crippen LogP contribution in [-0.4, -0.2) is 16.1 Å². The number of nitrogens with zero attached hydrogens (tertiary/aromatic N) is 2. The summed E-state index contributed by atoms with van der Waals surface area (Å²) < 4.78 is 28.3. The number of aromatic nitrogens is 2. The minimum absolute atomic E-state index is 0.347. The van der Waals surface area contributed by atoms with Crippen molar-refractivity contribution >= 4 is 11.5 Å². The standard InChI is InChI=1S/C4H5F2N3S/c5-4(6,2-7)3-1-10-9-8-3/h1H,2,7H2. The lowest BCUT2D eigenvalue weighted by Crippen LogP contribution is -2.25. The van der Waals surface area contributed by atoms with Gasteiger partial charge in [-0.25, -0.2) is 0 Å². The minimum atomic E-state index is -3.02. The first kappa shape index (κ1) is 7.49. The second kappa shape index (κ2) is 2.55. The van der Waals surface area contributed by atoms with Gasteiger partial charge in [-0.2, -0.15) is 8.78 Å². The zero-order chi connectivity index (χ0) is 7.61. The maximum atomic E-state index is 12.5. The smallest absolute Gasteiger partial charge is 0.304 e. The quantitative estimate of drug-likeness (QED) is 0.697. The Balaban J connectivity index is 2.85. The van der Waals surface area contributed by atoms with E-state index in [4.69, 9.17) is 5.73 Å². The predicted octanol–water partition coefficient (Wildman–Crippen LogP) is 0.589. The van der Waals surface area contributed by atoms with Gasteiger partial charge in [0.1, 0.15) is 5.69 Å². The molecule has 0 aliphatic heterocycles. The van der Waals surface area contributed by atoms with Gasteiger partial charge in [0, 0.05) is 5.38 Å². The Morgan fingerprint density at radius 2 is 2.40 bits per heavy atom. The van der Waals surface area contributed by atoms with Crippen LogP contribution in [0.2, 0.25) is 0 Å². The molecule has 0 fully saturated rings. The molecule has 1 rings (SSSR count). The molecule has 0 bridgehead atoms. The molecule has 0 aromatic carbocycles. The molecule has 1 aromatic rings. The third-order valence-electron chi connectivity index (χ3n) is 0.991. The summed E-state index contributed by atoms with van der Waals surface area (Å²) >= 11 is 0.885. The second-order valence-electron chi connectivity index (χ2n) is 1.70. The van der Waals surface area contributed by atoms with Crippen LogP contribution >= 0.6 is 11.5 Å². The van der Waals surface area contributed by atoms with Crippen molar-refractivity contribution in [1.29, 1.82) is 0 Å². The summed E-state index contributed by atoms with van der Waals surface area (Å²) in [4.78, 5) is 0. The number of nitrogens with two attached hydrogens (primary N) is 1. The number of hydrogen-bond donors (Lipinski definition) is 1. The van der Waals surface area contributed by atoms with E-state index in [2.05, 4.69) is 9.59 Å². The fourth-order valence-corrected chi connectivity index (χ4v) is 0.930. The molecule has 56 valence electrons. The molecule has 0 aliphatic rings. The Bertz CT molecular complexity index is 198. The predicted molar refractivity (Wildman–Crippen MR) is 32.9 cm³/mol. The Hall–Kier alpha value is -0.620. The van der Waals surface area contributed by atoms with Gasteiger partial charge in [-0.3, -0.25) is 0 Å². The van der Waals surface area contributed by atoms with Gasteiger partial charge in [0.2, 0.25) is 0 Å². The summed E-state index contributed by atoms with van der Waals surface area (Å²) in [6.45, 7) is -0.724. The maximum Gasteiger partial charge on any atom is 0.304 e. The van der Waals surface area contributed by atoms with Crippen molar-refractivity contribution in [3.05, 3.63) is 11.1 Å². The lowest BCUT2D eigenvalue weighted by Gasteiger charge is -2.07. The number of rotatable bonds is 2. The highest BCUT2D eigenvalue weighted by Crippen LogP contribution is 2.24. The molecule has 0 saturated carbocycles. The molecular weight excluding hydrogens is 160 g/mol. The van der Waals surface area contributed by atoms with E-state index in [0.29, 0.717) is 0 Å². The van der Waals surface area contributed by atoms with E-state index in [0.717, 1.165) is 11.5 Å². The van der Waals surface area contributed by atoms with Gasteiger partial charge in [-0.1, -0.05) is 4.49 Å². The topological polar surface area (TPSA) is 51.8 Å². The minimum Gasteiger partial charge on any atom is -0.325 e. The van der Waals surface area contributed by atoms with E-state index in [1.165, 1.54) is 5.38 Å². The Kier molecular flexibility index (Phi) is 1.91. The molecule has 0 amide bonds. The van der Waals surface area contributed by atoms with Crippen molar-refractivity contribution in [1.82, 2.24) is 9.59 Å². The molecule has 1 heterocycles. The van der Waals surface area contributed by atoms with Crippen molar-refractivity contribution in [2.45, 2.75) is 5.92 Å². The zero-order valence-electron chi connectivity index (χ0n) is 4.92. The normalized spacial score (nSPS) is 11.9. The number of alkyl halides is 2. The van der Waals surface area contributed by atoms with Gasteiger partial charge in [0.15, 0.2) is 0 Å². The Morgan fingerprint density at radius 3 is 2.80 bits per heavy atom. The fraction of sp³-hybridized carbons (Fsp3) is 0.500. The summed E-state index contributed by atoms with van der Waals surface area (Å²) in [6.07, 6.45) is 0. The molecule has 0 atom stereocenters. The molecule has 6 heteroatoms. The summed E-state index contributed by atoms with van der Waals surface area (Å²) in [6, 6.07) is 0. The lowest BCUT2D eigenvalue weighted by molar-refractivity contribution is 0.00138. The van der Waals surface area contributed by atoms with Crippen LogP contribution in [0, 0.1) is 0 Å². The first-order chi connectivity index (χ1) is 4.67. The molecule has 0 unspecified atom stereocenters. The van der Waals surface area contributed by atoms with Gasteiger partial charge in [0.05, 0.1) is 6.54 Å². The van der Waals surface area contributed by atoms with E-state index in [9.17, 15) is 8.78 Å². The van der Waals surface area contributed by atoms with Crippen LogP contribution in [0.5, 0.6) is 0 Å². The number of halogens is 2. The summed E-state index contributed by atoms with van der Waals surface area (Å²) in [5, 5.41) is 4.38. The van der Waals surface area contributed by atoms with Crippen LogP contribution in [0.4, 0.5) is 8.78 Å². The summed E-state index contributed by atoms with van der Waals surface area (Å²) in [5.41, 5.74) is 4.44. The molecule has 0 radical (unpaired) electrons. The van der Waals surface area contributed by atoms with Crippen molar-refractivity contribution in [2.75, 3.05) is 6.54 Å².